The summed E-state index contributed by atoms with van der Waals surface area (Å²) in [6.45, 7) is 10.3. The number of carbonyl (C=O) groups excluding carboxylic acids is 2. The maximum absolute atomic E-state index is 13.4. The van der Waals surface area contributed by atoms with E-state index in [4.69, 9.17) is 5.73 Å². The molecule has 2 aliphatic rings. The summed E-state index contributed by atoms with van der Waals surface area (Å²) in [7, 11) is 0. The van der Waals surface area contributed by atoms with Gasteiger partial charge in [-0.05, 0) is 73.4 Å². The van der Waals surface area contributed by atoms with Gasteiger partial charge in [-0.3, -0.25) is 14.6 Å². The van der Waals surface area contributed by atoms with E-state index in [0.717, 1.165) is 40.1 Å². The van der Waals surface area contributed by atoms with Crippen molar-refractivity contribution in [3.8, 4) is 0 Å². The highest BCUT2D eigenvalue weighted by Crippen LogP contribution is 2.38. The first kappa shape index (κ1) is 24.8. The molecule has 182 valence electrons. The van der Waals surface area contributed by atoms with Crippen LogP contribution in [-0.4, -0.2) is 29.3 Å². The monoisotopic (exact) mass is 478 g/mol. The third-order valence-corrected chi connectivity index (χ3v) is 6.27. The van der Waals surface area contributed by atoms with Crippen LogP contribution in [0.15, 0.2) is 89.9 Å². The van der Waals surface area contributed by atoms with Crippen molar-refractivity contribution >= 4 is 34.9 Å². The molecule has 0 spiro atoms. The second-order valence-electron chi connectivity index (χ2n) is 8.71. The largest absolute Gasteiger partial charge is 0.327 e. The fraction of sp³-hybridized carbons (Fsp3) is 0.167. The lowest BCUT2D eigenvalue weighted by molar-refractivity contribution is -0.111. The zero-order valence-corrected chi connectivity index (χ0v) is 20.8. The topological polar surface area (TPSA) is 87.8 Å². The molecule has 0 atom stereocenters. The van der Waals surface area contributed by atoms with Crippen LogP contribution in [0.4, 0.5) is 11.4 Å². The first-order valence-corrected chi connectivity index (χ1v) is 11.9. The zero-order chi connectivity index (χ0) is 25.8. The first-order chi connectivity index (χ1) is 17.3. The van der Waals surface area contributed by atoms with E-state index in [1.54, 1.807) is 24.3 Å². The van der Waals surface area contributed by atoms with E-state index in [2.05, 4.69) is 42.0 Å². The van der Waals surface area contributed by atoms with Gasteiger partial charge in [0.1, 0.15) is 0 Å². The molecule has 0 radical (unpaired) electrons. The van der Waals surface area contributed by atoms with Crippen LogP contribution >= 0.6 is 0 Å². The Bertz CT molecular complexity index is 1410. The number of allylic oxidation sites excluding steroid dienone is 5. The van der Waals surface area contributed by atoms with Gasteiger partial charge in [0.15, 0.2) is 0 Å². The van der Waals surface area contributed by atoms with Gasteiger partial charge in [-0.1, -0.05) is 30.9 Å². The predicted octanol–water partition coefficient (Wildman–Crippen LogP) is 5.53. The first-order valence-electron chi connectivity index (χ1n) is 11.9. The lowest BCUT2D eigenvalue weighted by atomic mass is 9.92. The van der Waals surface area contributed by atoms with E-state index in [9.17, 15) is 9.59 Å². The van der Waals surface area contributed by atoms with Gasteiger partial charge in [0.05, 0.1) is 11.4 Å². The second kappa shape index (κ2) is 10.5. The smallest absolute Gasteiger partial charge is 0.248 e. The summed E-state index contributed by atoms with van der Waals surface area (Å²) >= 11 is 0. The summed E-state index contributed by atoms with van der Waals surface area (Å²) in [5.41, 5.74) is 14.0. The lowest BCUT2D eigenvalue weighted by Gasteiger charge is -2.30. The number of aliphatic imine (C=N–C) groups is 1. The number of hydrogen-bond donors (Lipinski definition) is 2. The SMILES string of the molecule is C=C(C(=O)c1ccc(NC(=O)/C=C/CN)c(C)c1)N1C=CC=C(c2cc3c(cc2C)CC=N3)/C1=C/C. The fourth-order valence-electron chi connectivity index (χ4n) is 4.42. The number of nitrogens with zero attached hydrogens (tertiary/aromatic N) is 2. The number of aryl methyl sites for hydroxylation is 2. The highest BCUT2D eigenvalue weighted by atomic mass is 16.1. The van der Waals surface area contributed by atoms with Crippen LogP contribution in [0.25, 0.3) is 5.57 Å². The van der Waals surface area contributed by atoms with Crippen molar-refractivity contribution < 1.29 is 9.59 Å². The number of rotatable bonds is 7. The molecule has 0 unspecified atom stereocenters. The van der Waals surface area contributed by atoms with E-state index in [-0.39, 0.29) is 18.2 Å². The number of amides is 1. The van der Waals surface area contributed by atoms with Gasteiger partial charge >= 0.3 is 0 Å². The molecule has 36 heavy (non-hydrogen) atoms. The van der Waals surface area contributed by atoms with Crippen LogP contribution in [0, 0.1) is 13.8 Å². The van der Waals surface area contributed by atoms with Crippen LogP contribution in [0.5, 0.6) is 0 Å². The standard InChI is InChI=1S/C30H30N4O2/c1-5-28-24(25-18-27-22(12-14-32-27)16-19(25)2)8-7-15-34(28)21(4)30(36)23-10-11-26(20(3)17-23)33-29(35)9-6-13-31/h5-11,14-18H,4,12-13,31H2,1-3H3,(H,33,35)/b9-6+,28-5-. The van der Waals surface area contributed by atoms with Crippen molar-refractivity contribution in [3.05, 3.63) is 113 Å². The number of hydrogen-bond acceptors (Lipinski definition) is 5. The molecule has 6 nitrogen and oxygen atoms in total. The molecule has 1 amide bonds. The highest BCUT2D eigenvalue weighted by Gasteiger charge is 2.25. The van der Waals surface area contributed by atoms with Crippen LogP contribution in [0.3, 0.4) is 0 Å². The fourth-order valence-corrected chi connectivity index (χ4v) is 4.42. The van der Waals surface area contributed by atoms with Crippen LogP contribution < -0.4 is 11.1 Å². The Balaban J connectivity index is 1.57. The Morgan fingerprint density at radius 2 is 2.00 bits per heavy atom. The van der Waals surface area contributed by atoms with Gasteiger partial charge in [0.25, 0.3) is 0 Å². The molecule has 0 fully saturated rings. The van der Waals surface area contributed by atoms with Crippen LogP contribution in [-0.2, 0) is 11.2 Å². The van der Waals surface area contributed by atoms with Crippen molar-refractivity contribution in [1.82, 2.24) is 4.90 Å². The second-order valence-corrected chi connectivity index (χ2v) is 8.71. The molecule has 0 saturated carbocycles. The molecule has 0 bridgehead atoms. The molecule has 2 aliphatic heterocycles. The van der Waals surface area contributed by atoms with Crippen molar-refractivity contribution in [2.75, 3.05) is 11.9 Å². The van der Waals surface area contributed by atoms with Crippen molar-refractivity contribution in [1.29, 1.82) is 0 Å². The maximum Gasteiger partial charge on any atom is 0.248 e. The minimum Gasteiger partial charge on any atom is -0.327 e. The van der Waals surface area contributed by atoms with Crippen molar-refractivity contribution in [2.45, 2.75) is 27.2 Å². The number of fused-ring (bicyclic) bond motifs is 1. The van der Waals surface area contributed by atoms with Gasteiger partial charge in [-0.25, -0.2) is 0 Å². The number of Topliss-reactive ketones (excluding diaryl/α,β-unsaturated/α-hetero) is 1. The Morgan fingerprint density at radius 3 is 2.72 bits per heavy atom. The Morgan fingerprint density at radius 1 is 1.19 bits per heavy atom. The number of nitrogens with one attached hydrogen (secondary N) is 1. The molecule has 0 aliphatic carbocycles. The van der Waals surface area contributed by atoms with E-state index >= 15 is 0 Å². The minimum atomic E-state index is -0.268. The molecule has 2 aromatic rings. The molecule has 0 aromatic heterocycles. The summed E-state index contributed by atoms with van der Waals surface area (Å²) in [6, 6.07) is 9.49. The Kier molecular flexibility index (Phi) is 7.27. The number of ketones is 1. The molecular weight excluding hydrogens is 448 g/mol. The molecule has 2 aromatic carbocycles. The van der Waals surface area contributed by atoms with E-state index in [1.165, 1.54) is 11.6 Å². The number of anilines is 1. The maximum atomic E-state index is 13.4. The normalized spacial score (nSPS) is 15.4. The summed E-state index contributed by atoms with van der Waals surface area (Å²) < 4.78 is 0. The van der Waals surface area contributed by atoms with Crippen LogP contribution in [0.1, 0.15) is 39.5 Å². The molecule has 0 saturated heterocycles. The van der Waals surface area contributed by atoms with Gasteiger partial charge in [-0.2, -0.15) is 0 Å². The number of nitrogens with two attached hydrogens (primary N) is 1. The lowest BCUT2D eigenvalue weighted by Crippen LogP contribution is -2.24. The number of benzene rings is 2. The predicted molar refractivity (Wildman–Crippen MR) is 147 cm³/mol. The Labute approximate surface area is 211 Å². The molecule has 2 heterocycles. The Hall–Kier alpha value is -4.29. The zero-order valence-electron chi connectivity index (χ0n) is 20.8. The molecular formula is C30H30N4O2. The van der Waals surface area contributed by atoms with E-state index in [0.29, 0.717) is 16.9 Å². The van der Waals surface area contributed by atoms with Gasteiger partial charge < -0.3 is 16.0 Å². The summed E-state index contributed by atoms with van der Waals surface area (Å²) in [5, 5.41) is 2.80. The quantitative estimate of drug-likeness (QED) is 0.405. The average molecular weight is 479 g/mol. The third-order valence-electron chi connectivity index (χ3n) is 6.27. The van der Waals surface area contributed by atoms with Crippen LogP contribution in [0.2, 0.25) is 0 Å². The highest BCUT2D eigenvalue weighted by molar-refractivity contribution is 6.09. The molecule has 3 N–H and O–H groups in total. The summed E-state index contributed by atoms with van der Waals surface area (Å²) in [6.07, 6.45) is 13.6. The van der Waals surface area contributed by atoms with E-state index < -0.39 is 0 Å². The van der Waals surface area contributed by atoms with Crippen molar-refractivity contribution in [2.24, 2.45) is 10.7 Å². The summed E-state index contributed by atoms with van der Waals surface area (Å²) in [4.78, 5) is 31.8. The minimum absolute atomic E-state index is 0.195. The van der Waals surface area contributed by atoms with E-state index in [1.807, 2.05) is 43.3 Å². The van der Waals surface area contributed by atoms with Gasteiger partial charge in [0.2, 0.25) is 11.7 Å². The molecule has 4 rings (SSSR count). The van der Waals surface area contributed by atoms with Gasteiger partial charge in [0, 0.05) is 54.0 Å². The van der Waals surface area contributed by atoms with Gasteiger partial charge in [-0.15, -0.1) is 0 Å². The summed E-state index contributed by atoms with van der Waals surface area (Å²) in [5.74, 6) is -0.463. The average Bonchev–Trinajstić information content (AvgIpc) is 3.34. The third kappa shape index (κ3) is 4.90. The molecule has 6 heteroatoms. The number of carbonyl (C=O) groups is 2. The van der Waals surface area contributed by atoms with Crippen molar-refractivity contribution in [3.63, 3.8) is 0 Å².